The lowest BCUT2D eigenvalue weighted by atomic mass is 9.85. The van der Waals surface area contributed by atoms with Crippen molar-refractivity contribution in [1.29, 1.82) is 0 Å². The van der Waals surface area contributed by atoms with Crippen LogP contribution < -0.4 is 5.56 Å². The van der Waals surface area contributed by atoms with Gasteiger partial charge in [-0.3, -0.25) is 14.4 Å². The summed E-state index contributed by atoms with van der Waals surface area (Å²) in [7, 11) is 0. The Bertz CT molecular complexity index is 1170. The van der Waals surface area contributed by atoms with E-state index in [4.69, 9.17) is 0 Å². The number of benzene rings is 1. The van der Waals surface area contributed by atoms with Crippen LogP contribution in [0.15, 0.2) is 23.0 Å². The third kappa shape index (κ3) is 4.38. The van der Waals surface area contributed by atoms with Crippen LogP contribution in [0.3, 0.4) is 0 Å². The predicted molar refractivity (Wildman–Crippen MR) is 114 cm³/mol. The van der Waals surface area contributed by atoms with Gasteiger partial charge in [-0.25, -0.2) is 18.3 Å². The normalized spacial score (nSPS) is 20.7. The quantitative estimate of drug-likeness (QED) is 0.757. The molecule has 2 aromatic rings. The number of H-pyrrole nitrogens is 1. The Kier molecular flexibility index (Phi) is 5.79. The minimum atomic E-state index is -2.75. The number of hydrogen-bond acceptors (Lipinski definition) is 4. The molecule has 1 saturated heterocycles. The second-order valence-corrected chi connectivity index (χ2v) is 8.99. The highest BCUT2D eigenvalue weighted by Gasteiger charge is 2.51. The summed E-state index contributed by atoms with van der Waals surface area (Å²) in [6.07, 6.45) is -0.459. The van der Waals surface area contributed by atoms with E-state index in [2.05, 4.69) is 10.2 Å². The van der Waals surface area contributed by atoms with Gasteiger partial charge in [0.05, 0.1) is 11.3 Å². The standard InChI is InChI=1S/C23H25F3N4O3/c1-12-10-29(11-20(31)30(12)16-8-23(25,26)9-16)22(33)17-6-15(4-5-18(17)24)7-19-13(2)14(3)21(32)28-27-19/h4-6,12,16H,7-11H2,1-3H3,(H,28,32)/t12-/m0/s1. The van der Waals surface area contributed by atoms with Crippen molar-refractivity contribution in [3.05, 3.63) is 62.3 Å². The van der Waals surface area contributed by atoms with E-state index < -0.39 is 35.6 Å². The molecule has 1 saturated carbocycles. The number of aromatic nitrogens is 2. The third-order valence-corrected chi connectivity index (χ3v) is 6.58. The Balaban J connectivity index is 1.51. The van der Waals surface area contributed by atoms with Crippen molar-refractivity contribution in [2.45, 2.75) is 58.0 Å². The maximum absolute atomic E-state index is 14.6. The fourth-order valence-corrected chi connectivity index (χ4v) is 4.56. The van der Waals surface area contributed by atoms with Crippen LogP contribution in [0, 0.1) is 19.7 Å². The summed E-state index contributed by atoms with van der Waals surface area (Å²) < 4.78 is 41.1. The highest BCUT2D eigenvalue weighted by molar-refractivity contribution is 5.97. The molecule has 1 N–H and O–H groups in total. The van der Waals surface area contributed by atoms with E-state index in [1.54, 1.807) is 20.8 Å². The summed E-state index contributed by atoms with van der Waals surface area (Å²) in [5.41, 5.74) is 2.02. The lowest BCUT2D eigenvalue weighted by molar-refractivity contribution is -0.163. The molecule has 1 atom stereocenters. The molecule has 176 valence electrons. The van der Waals surface area contributed by atoms with Crippen LogP contribution in [-0.2, 0) is 11.2 Å². The van der Waals surface area contributed by atoms with E-state index in [1.165, 1.54) is 28.0 Å². The van der Waals surface area contributed by atoms with Crippen molar-refractivity contribution < 1.29 is 22.8 Å². The molecule has 0 spiro atoms. The van der Waals surface area contributed by atoms with Gasteiger partial charge in [-0.15, -0.1) is 0 Å². The van der Waals surface area contributed by atoms with Gasteiger partial charge in [0.1, 0.15) is 12.4 Å². The monoisotopic (exact) mass is 462 g/mol. The zero-order valence-electron chi connectivity index (χ0n) is 18.6. The summed E-state index contributed by atoms with van der Waals surface area (Å²) in [6.45, 7) is 5.01. The number of halogens is 3. The first-order valence-electron chi connectivity index (χ1n) is 10.8. The molecule has 7 nitrogen and oxygen atoms in total. The van der Waals surface area contributed by atoms with E-state index in [-0.39, 0.29) is 43.5 Å². The predicted octanol–water partition coefficient (Wildman–Crippen LogP) is 2.59. The topological polar surface area (TPSA) is 86.4 Å². The molecule has 2 aliphatic rings. The first-order chi connectivity index (χ1) is 15.5. The van der Waals surface area contributed by atoms with Crippen molar-refractivity contribution in [2.75, 3.05) is 13.1 Å². The highest BCUT2D eigenvalue weighted by Crippen LogP contribution is 2.41. The number of rotatable bonds is 4. The van der Waals surface area contributed by atoms with Crippen molar-refractivity contribution >= 4 is 11.8 Å². The molecule has 1 aromatic heterocycles. The summed E-state index contributed by atoms with van der Waals surface area (Å²) in [6, 6.07) is 3.17. The number of nitrogens with one attached hydrogen (secondary N) is 1. The van der Waals surface area contributed by atoms with Crippen molar-refractivity contribution in [1.82, 2.24) is 20.0 Å². The number of amides is 2. The smallest absolute Gasteiger partial charge is 0.267 e. The van der Waals surface area contributed by atoms with Gasteiger partial charge in [0, 0.05) is 43.5 Å². The van der Waals surface area contributed by atoms with Gasteiger partial charge in [-0.1, -0.05) is 6.07 Å². The first-order valence-corrected chi connectivity index (χ1v) is 10.8. The van der Waals surface area contributed by atoms with Crippen LogP contribution in [-0.4, -0.2) is 62.9 Å². The number of carbonyl (C=O) groups is 2. The van der Waals surface area contributed by atoms with Gasteiger partial charge in [0.2, 0.25) is 5.91 Å². The molecule has 0 unspecified atom stereocenters. The zero-order valence-corrected chi connectivity index (χ0v) is 18.6. The van der Waals surface area contributed by atoms with Gasteiger partial charge in [0.15, 0.2) is 0 Å². The Hall–Kier alpha value is -3.17. The van der Waals surface area contributed by atoms with Crippen LogP contribution in [0.25, 0.3) is 0 Å². The minimum absolute atomic E-state index is 0.135. The maximum Gasteiger partial charge on any atom is 0.267 e. The molecule has 4 rings (SSSR count). The summed E-state index contributed by atoms with van der Waals surface area (Å²) >= 11 is 0. The van der Waals surface area contributed by atoms with E-state index in [9.17, 15) is 27.6 Å². The van der Waals surface area contributed by atoms with E-state index in [0.29, 0.717) is 22.4 Å². The molecule has 2 heterocycles. The number of piperazine rings is 1. The molecule has 2 amide bonds. The molecule has 0 radical (unpaired) electrons. The molecular formula is C23H25F3N4O3. The lowest BCUT2D eigenvalue weighted by Gasteiger charge is -2.49. The average Bonchev–Trinajstić information content (AvgIpc) is 2.73. The van der Waals surface area contributed by atoms with E-state index >= 15 is 0 Å². The van der Waals surface area contributed by atoms with Crippen molar-refractivity contribution in [2.24, 2.45) is 0 Å². The molecule has 10 heteroatoms. The molecule has 33 heavy (non-hydrogen) atoms. The number of carbonyl (C=O) groups excluding carboxylic acids is 2. The van der Waals surface area contributed by atoms with Crippen LogP contribution in [0.1, 0.15) is 52.5 Å². The second kappa shape index (κ2) is 8.31. The molecule has 1 aliphatic heterocycles. The Morgan fingerprint density at radius 2 is 1.91 bits per heavy atom. The minimum Gasteiger partial charge on any atom is -0.333 e. The number of nitrogens with zero attached hydrogens (tertiary/aromatic N) is 3. The second-order valence-electron chi connectivity index (χ2n) is 8.99. The zero-order chi connectivity index (χ0) is 24.1. The van der Waals surface area contributed by atoms with Gasteiger partial charge in [-0.2, -0.15) is 5.10 Å². The fraction of sp³-hybridized carbons (Fsp3) is 0.478. The largest absolute Gasteiger partial charge is 0.333 e. The van der Waals surface area contributed by atoms with Crippen molar-refractivity contribution in [3.8, 4) is 0 Å². The molecule has 1 aliphatic carbocycles. The molecular weight excluding hydrogens is 437 g/mol. The highest BCUT2D eigenvalue weighted by atomic mass is 19.3. The average molecular weight is 462 g/mol. The lowest BCUT2D eigenvalue weighted by Crippen LogP contribution is -2.64. The van der Waals surface area contributed by atoms with Crippen LogP contribution in [0.5, 0.6) is 0 Å². The summed E-state index contributed by atoms with van der Waals surface area (Å²) in [5.74, 6) is -4.51. The van der Waals surface area contributed by atoms with Crippen LogP contribution >= 0.6 is 0 Å². The van der Waals surface area contributed by atoms with E-state index in [0.717, 1.165) is 0 Å². The number of hydrogen-bond donors (Lipinski definition) is 1. The van der Waals surface area contributed by atoms with Crippen LogP contribution in [0.4, 0.5) is 13.2 Å². The maximum atomic E-state index is 14.6. The summed E-state index contributed by atoms with van der Waals surface area (Å²) in [5, 5.41) is 6.48. The molecule has 2 fully saturated rings. The van der Waals surface area contributed by atoms with Gasteiger partial charge < -0.3 is 9.80 Å². The third-order valence-electron chi connectivity index (χ3n) is 6.58. The van der Waals surface area contributed by atoms with Crippen LogP contribution in [0.2, 0.25) is 0 Å². The SMILES string of the molecule is Cc1c(Cc2ccc(F)c(C(=O)N3CC(=O)N(C4CC(F)(F)C4)[C@@H](C)C3)c2)n[nH]c(=O)c1C. The summed E-state index contributed by atoms with van der Waals surface area (Å²) in [4.78, 5) is 40.1. The Labute approximate surface area is 188 Å². The van der Waals surface area contributed by atoms with Gasteiger partial charge in [-0.05, 0) is 44.0 Å². The fourth-order valence-electron chi connectivity index (χ4n) is 4.56. The number of aromatic amines is 1. The van der Waals surface area contributed by atoms with Gasteiger partial charge >= 0.3 is 0 Å². The molecule has 1 aromatic carbocycles. The Morgan fingerprint density at radius 1 is 1.21 bits per heavy atom. The first kappa shape index (κ1) is 23.0. The van der Waals surface area contributed by atoms with E-state index in [1.807, 2.05) is 0 Å². The molecule has 0 bridgehead atoms. The van der Waals surface area contributed by atoms with Gasteiger partial charge in [0.25, 0.3) is 17.4 Å². The van der Waals surface area contributed by atoms with Crippen molar-refractivity contribution in [3.63, 3.8) is 0 Å². The Morgan fingerprint density at radius 3 is 2.55 bits per heavy atom. The number of alkyl halides is 2.